The number of rotatable bonds is 5. The molecule has 0 saturated carbocycles. The van der Waals surface area contributed by atoms with Crippen LogP contribution in [-0.2, 0) is 22.8 Å². The third-order valence-corrected chi connectivity index (χ3v) is 6.05. The van der Waals surface area contributed by atoms with Crippen molar-refractivity contribution in [2.24, 2.45) is 0 Å². The minimum atomic E-state index is -3.34. The summed E-state index contributed by atoms with van der Waals surface area (Å²) in [5, 5.41) is 7.94. The maximum absolute atomic E-state index is 12.1. The van der Waals surface area contributed by atoms with Crippen molar-refractivity contribution in [3.63, 3.8) is 0 Å². The summed E-state index contributed by atoms with van der Waals surface area (Å²) in [6.45, 7) is 0.737. The van der Waals surface area contributed by atoms with Crippen LogP contribution in [0.5, 0.6) is 0 Å². The van der Waals surface area contributed by atoms with E-state index in [4.69, 9.17) is 0 Å². The second-order valence-corrected chi connectivity index (χ2v) is 8.89. The molecule has 2 heterocycles. The Morgan fingerprint density at radius 1 is 1.19 bits per heavy atom. The largest absolute Gasteiger partial charge is 0.362 e. The van der Waals surface area contributed by atoms with Crippen LogP contribution in [-0.4, -0.2) is 29.4 Å². The van der Waals surface area contributed by atoms with Crippen LogP contribution in [0.25, 0.3) is 0 Å². The number of pyridine rings is 1. The Kier molecular flexibility index (Phi) is 4.70. The third kappa shape index (κ3) is 3.73. The number of hydrogen-bond donors (Lipinski definition) is 1. The number of fused-ring (bicyclic) bond motifs is 1. The van der Waals surface area contributed by atoms with Crippen LogP contribution in [0, 0.1) is 0 Å². The molecule has 0 aliphatic heterocycles. The van der Waals surface area contributed by atoms with Crippen molar-refractivity contribution in [2.45, 2.75) is 36.7 Å². The summed E-state index contributed by atoms with van der Waals surface area (Å²) < 4.78 is 26.2. The summed E-state index contributed by atoms with van der Waals surface area (Å²) in [6.07, 6.45) is 7.63. The highest BCUT2D eigenvalue weighted by atomic mass is 32.2. The molecule has 1 N–H and O–H groups in total. The quantitative estimate of drug-likeness (QED) is 0.733. The van der Waals surface area contributed by atoms with Crippen LogP contribution in [0.2, 0.25) is 0 Å². The maximum atomic E-state index is 12.1. The Hall–Kier alpha value is -2.67. The highest BCUT2D eigenvalue weighted by molar-refractivity contribution is 7.90. The molecular formula is C20H22N4O2S. The zero-order valence-corrected chi connectivity index (χ0v) is 16.0. The molecule has 1 atom stereocenters. The fraction of sp³-hybridized carbons (Fsp3) is 0.300. The van der Waals surface area contributed by atoms with Crippen molar-refractivity contribution in [1.29, 1.82) is 0 Å². The molecule has 7 heteroatoms. The molecule has 0 spiro atoms. The number of hydrogen-bond acceptors (Lipinski definition) is 5. The summed E-state index contributed by atoms with van der Waals surface area (Å²) in [5.74, 6) is 0.411. The first-order valence-corrected chi connectivity index (χ1v) is 10.9. The minimum Gasteiger partial charge on any atom is -0.362 e. The number of nitrogens with zero attached hydrogens (tertiary/aromatic N) is 3. The zero-order valence-electron chi connectivity index (χ0n) is 15.2. The summed E-state index contributed by atoms with van der Waals surface area (Å²) >= 11 is 0. The fourth-order valence-corrected chi connectivity index (χ4v) is 4.41. The molecule has 1 aliphatic carbocycles. The fourth-order valence-electron chi connectivity index (χ4n) is 3.62. The maximum Gasteiger partial charge on any atom is 0.179 e. The molecule has 0 radical (unpaired) electrons. The van der Waals surface area contributed by atoms with Crippen molar-refractivity contribution in [3.05, 3.63) is 71.7 Å². The number of aromatic nitrogens is 3. The molecule has 27 heavy (non-hydrogen) atoms. The lowest BCUT2D eigenvalue weighted by atomic mass is 9.93. The van der Waals surface area contributed by atoms with Gasteiger partial charge in [-0.2, -0.15) is 5.10 Å². The predicted octanol–water partition coefficient (Wildman–Crippen LogP) is 3.22. The number of sulfone groups is 1. The third-order valence-electron chi connectivity index (χ3n) is 4.92. The molecule has 2 aromatic heterocycles. The Labute approximate surface area is 159 Å². The smallest absolute Gasteiger partial charge is 0.179 e. The minimum absolute atomic E-state index is 0.00803. The molecule has 0 bridgehead atoms. The first-order valence-electron chi connectivity index (χ1n) is 9.02. The molecule has 6 nitrogen and oxygen atoms in total. The van der Waals surface area contributed by atoms with Crippen LogP contribution in [0.1, 0.15) is 35.7 Å². The molecule has 4 rings (SSSR count). The van der Waals surface area contributed by atoms with Gasteiger partial charge in [0.15, 0.2) is 9.84 Å². The standard InChI is InChI=1S/C20H22N4O2S/c1-27(25,26)19-11-6-12-21-20(19)23-17-9-5-10-18-16(17)13-22-24(18)14-15-7-3-2-4-8-15/h2-4,6-8,11-13,17H,5,9-10,14H2,1H3,(H,21,23). The van der Waals surface area contributed by atoms with E-state index in [1.54, 1.807) is 18.3 Å². The molecule has 1 unspecified atom stereocenters. The zero-order chi connectivity index (χ0) is 18.9. The summed E-state index contributed by atoms with van der Waals surface area (Å²) in [5.41, 5.74) is 3.55. The van der Waals surface area contributed by atoms with E-state index in [2.05, 4.69) is 32.2 Å². The van der Waals surface area contributed by atoms with E-state index in [0.29, 0.717) is 5.82 Å². The van der Waals surface area contributed by atoms with Gasteiger partial charge in [0.1, 0.15) is 10.7 Å². The lowest BCUT2D eigenvalue weighted by Crippen LogP contribution is -2.20. The van der Waals surface area contributed by atoms with Gasteiger partial charge in [0.25, 0.3) is 0 Å². The molecule has 0 fully saturated rings. The van der Waals surface area contributed by atoms with Crippen LogP contribution in [0.4, 0.5) is 5.82 Å². The van der Waals surface area contributed by atoms with Gasteiger partial charge in [-0.3, -0.25) is 4.68 Å². The first-order chi connectivity index (χ1) is 13.0. The molecule has 0 amide bonds. The van der Waals surface area contributed by atoms with Crippen LogP contribution in [0.3, 0.4) is 0 Å². The van der Waals surface area contributed by atoms with Gasteiger partial charge < -0.3 is 5.32 Å². The highest BCUT2D eigenvalue weighted by Crippen LogP contribution is 2.33. The second-order valence-electron chi connectivity index (χ2n) is 6.90. The van der Waals surface area contributed by atoms with Crippen molar-refractivity contribution in [1.82, 2.24) is 14.8 Å². The number of anilines is 1. The van der Waals surface area contributed by atoms with Gasteiger partial charge in [0.2, 0.25) is 0 Å². The van der Waals surface area contributed by atoms with Crippen molar-refractivity contribution >= 4 is 15.7 Å². The van der Waals surface area contributed by atoms with E-state index in [1.807, 2.05) is 24.4 Å². The molecule has 1 aliphatic rings. The average molecular weight is 382 g/mol. The van der Waals surface area contributed by atoms with Gasteiger partial charge in [-0.15, -0.1) is 0 Å². The molecule has 3 aromatic rings. The molecule has 0 saturated heterocycles. The highest BCUT2D eigenvalue weighted by Gasteiger charge is 2.26. The van der Waals surface area contributed by atoms with E-state index >= 15 is 0 Å². The van der Waals surface area contributed by atoms with Gasteiger partial charge in [-0.05, 0) is 37.0 Å². The summed E-state index contributed by atoms with van der Waals surface area (Å²) in [4.78, 5) is 4.50. The van der Waals surface area contributed by atoms with Gasteiger partial charge in [0, 0.05) is 23.7 Å². The predicted molar refractivity (Wildman–Crippen MR) is 104 cm³/mol. The van der Waals surface area contributed by atoms with E-state index in [0.717, 1.165) is 31.4 Å². The first kappa shape index (κ1) is 17.7. The molecule has 1 aromatic carbocycles. The summed E-state index contributed by atoms with van der Waals surface area (Å²) in [6, 6.07) is 13.5. The average Bonchev–Trinajstić information content (AvgIpc) is 3.06. The van der Waals surface area contributed by atoms with Crippen LogP contribution < -0.4 is 5.32 Å². The van der Waals surface area contributed by atoms with E-state index in [9.17, 15) is 8.42 Å². The van der Waals surface area contributed by atoms with Crippen LogP contribution >= 0.6 is 0 Å². The summed E-state index contributed by atoms with van der Waals surface area (Å²) in [7, 11) is -3.34. The SMILES string of the molecule is CS(=O)(=O)c1cccnc1NC1CCCc2c1cnn2Cc1ccccc1. The number of nitrogens with one attached hydrogen (secondary N) is 1. The van der Waals surface area contributed by atoms with Crippen molar-refractivity contribution in [3.8, 4) is 0 Å². The Morgan fingerprint density at radius 2 is 2.00 bits per heavy atom. The van der Waals surface area contributed by atoms with E-state index in [1.165, 1.54) is 17.5 Å². The van der Waals surface area contributed by atoms with Crippen LogP contribution in [0.15, 0.2) is 59.8 Å². The Bertz CT molecular complexity index is 1040. The second kappa shape index (κ2) is 7.15. The van der Waals surface area contributed by atoms with E-state index in [-0.39, 0.29) is 10.9 Å². The van der Waals surface area contributed by atoms with E-state index < -0.39 is 9.84 Å². The molecular weight excluding hydrogens is 360 g/mol. The lowest BCUT2D eigenvalue weighted by Gasteiger charge is -2.25. The molecule has 140 valence electrons. The monoisotopic (exact) mass is 382 g/mol. The van der Waals surface area contributed by atoms with Gasteiger partial charge in [0.05, 0.1) is 18.8 Å². The normalized spacial score (nSPS) is 16.7. The van der Waals surface area contributed by atoms with Gasteiger partial charge in [-0.1, -0.05) is 30.3 Å². The lowest BCUT2D eigenvalue weighted by molar-refractivity contribution is 0.554. The van der Waals surface area contributed by atoms with Crippen molar-refractivity contribution in [2.75, 3.05) is 11.6 Å². The Morgan fingerprint density at radius 3 is 2.78 bits per heavy atom. The topological polar surface area (TPSA) is 76.9 Å². The Balaban J connectivity index is 1.62. The van der Waals surface area contributed by atoms with Gasteiger partial charge in [-0.25, -0.2) is 13.4 Å². The number of benzene rings is 1. The van der Waals surface area contributed by atoms with Crippen molar-refractivity contribution < 1.29 is 8.42 Å². The van der Waals surface area contributed by atoms with Gasteiger partial charge >= 0.3 is 0 Å².